The lowest BCUT2D eigenvalue weighted by molar-refractivity contribution is -0.131. The van der Waals surface area contributed by atoms with Gasteiger partial charge in [-0.25, -0.2) is 4.79 Å². The number of carbonyl (C=O) groups excluding carboxylic acids is 2. The maximum absolute atomic E-state index is 12.3. The average Bonchev–Trinajstić information content (AvgIpc) is 3.22. The van der Waals surface area contributed by atoms with Gasteiger partial charge in [0.25, 0.3) is 0 Å². The minimum atomic E-state index is -0.229. The van der Waals surface area contributed by atoms with Crippen molar-refractivity contribution in [1.29, 1.82) is 0 Å². The van der Waals surface area contributed by atoms with E-state index in [2.05, 4.69) is 21.9 Å². The molecule has 0 unspecified atom stereocenters. The van der Waals surface area contributed by atoms with Crippen LogP contribution in [0.3, 0.4) is 0 Å². The van der Waals surface area contributed by atoms with Crippen molar-refractivity contribution in [3.8, 4) is 0 Å². The van der Waals surface area contributed by atoms with Crippen molar-refractivity contribution in [2.24, 2.45) is 0 Å². The summed E-state index contributed by atoms with van der Waals surface area (Å²) in [4.78, 5) is 29.1. The van der Waals surface area contributed by atoms with Crippen LogP contribution in [0.5, 0.6) is 0 Å². The SMILES string of the molecule is Cc1cc(CN(C)C(=O)NCCC(=O)N2CCc3sccc3C2)no1. The fourth-order valence-corrected chi connectivity index (χ4v) is 3.73. The summed E-state index contributed by atoms with van der Waals surface area (Å²) in [5.41, 5.74) is 1.95. The summed E-state index contributed by atoms with van der Waals surface area (Å²) in [5.74, 6) is 0.789. The van der Waals surface area contributed by atoms with E-state index in [9.17, 15) is 9.59 Å². The van der Waals surface area contributed by atoms with Crippen LogP contribution in [-0.2, 0) is 24.3 Å². The van der Waals surface area contributed by atoms with E-state index >= 15 is 0 Å². The van der Waals surface area contributed by atoms with Gasteiger partial charge in [-0.3, -0.25) is 4.79 Å². The molecule has 2 aromatic heterocycles. The molecule has 134 valence electrons. The maximum atomic E-state index is 12.3. The molecule has 3 heterocycles. The van der Waals surface area contributed by atoms with Gasteiger partial charge in [-0.15, -0.1) is 11.3 Å². The van der Waals surface area contributed by atoms with E-state index in [1.807, 2.05) is 11.8 Å². The quantitative estimate of drug-likeness (QED) is 0.884. The molecule has 0 saturated carbocycles. The van der Waals surface area contributed by atoms with Gasteiger partial charge in [-0.1, -0.05) is 5.16 Å². The molecule has 0 saturated heterocycles. The van der Waals surface area contributed by atoms with Gasteiger partial charge in [0.15, 0.2) is 0 Å². The molecule has 7 nitrogen and oxygen atoms in total. The Kier molecular flexibility index (Phi) is 5.37. The van der Waals surface area contributed by atoms with Crippen LogP contribution in [0, 0.1) is 6.92 Å². The Morgan fingerprint density at radius 3 is 3.08 bits per heavy atom. The summed E-state index contributed by atoms with van der Waals surface area (Å²) in [6.07, 6.45) is 1.23. The highest BCUT2D eigenvalue weighted by Gasteiger charge is 2.21. The lowest BCUT2D eigenvalue weighted by Crippen LogP contribution is -2.40. The summed E-state index contributed by atoms with van der Waals surface area (Å²) < 4.78 is 4.99. The molecule has 0 bridgehead atoms. The predicted molar refractivity (Wildman–Crippen MR) is 94.2 cm³/mol. The molecule has 0 fully saturated rings. The first kappa shape index (κ1) is 17.5. The Morgan fingerprint density at radius 2 is 2.32 bits per heavy atom. The van der Waals surface area contributed by atoms with Crippen LogP contribution in [0.2, 0.25) is 0 Å². The van der Waals surface area contributed by atoms with E-state index in [4.69, 9.17) is 4.52 Å². The molecule has 1 N–H and O–H groups in total. The van der Waals surface area contributed by atoms with Gasteiger partial charge in [0.05, 0.1) is 6.54 Å². The van der Waals surface area contributed by atoms with Gasteiger partial charge in [0, 0.05) is 44.0 Å². The smallest absolute Gasteiger partial charge is 0.317 e. The Hall–Kier alpha value is -2.35. The fraction of sp³-hybridized carbons (Fsp3) is 0.471. The van der Waals surface area contributed by atoms with Crippen molar-refractivity contribution in [3.05, 3.63) is 39.4 Å². The number of hydrogen-bond donors (Lipinski definition) is 1. The van der Waals surface area contributed by atoms with Crippen LogP contribution in [0.15, 0.2) is 22.0 Å². The van der Waals surface area contributed by atoms with Gasteiger partial charge in [0.1, 0.15) is 11.5 Å². The van der Waals surface area contributed by atoms with Crippen LogP contribution in [0.1, 0.15) is 28.3 Å². The van der Waals surface area contributed by atoms with Crippen molar-refractivity contribution in [3.63, 3.8) is 0 Å². The van der Waals surface area contributed by atoms with Crippen molar-refractivity contribution in [2.45, 2.75) is 32.9 Å². The highest BCUT2D eigenvalue weighted by molar-refractivity contribution is 7.10. The molecule has 3 amide bonds. The van der Waals surface area contributed by atoms with Crippen LogP contribution < -0.4 is 5.32 Å². The lowest BCUT2D eigenvalue weighted by Gasteiger charge is -2.27. The number of aryl methyl sites for hydroxylation is 1. The molecular formula is C17H22N4O3S. The van der Waals surface area contributed by atoms with E-state index in [0.717, 1.165) is 13.0 Å². The molecule has 0 radical (unpaired) electrons. The number of fused-ring (bicyclic) bond motifs is 1. The number of nitrogens with zero attached hydrogens (tertiary/aromatic N) is 3. The highest BCUT2D eigenvalue weighted by Crippen LogP contribution is 2.24. The molecular weight excluding hydrogens is 340 g/mol. The van der Waals surface area contributed by atoms with E-state index in [0.29, 0.717) is 37.5 Å². The summed E-state index contributed by atoms with van der Waals surface area (Å²) in [5, 5.41) is 8.72. The zero-order chi connectivity index (χ0) is 17.8. The number of urea groups is 1. The minimum absolute atomic E-state index is 0.0759. The zero-order valence-electron chi connectivity index (χ0n) is 14.4. The fourth-order valence-electron chi connectivity index (χ4n) is 2.84. The van der Waals surface area contributed by atoms with Gasteiger partial charge in [0.2, 0.25) is 5.91 Å². The number of rotatable bonds is 5. The third-order valence-electron chi connectivity index (χ3n) is 4.20. The van der Waals surface area contributed by atoms with Crippen molar-refractivity contribution < 1.29 is 14.1 Å². The first-order valence-electron chi connectivity index (χ1n) is 8.27. The molecule has 0 aromatic carbocycles. The van der Waals surface area contributed by atoms with Gasteiger partial charge < -0.3 is 19.6 Å². The van der Waals surface area contributed by atoms with Crippen molar-refractivity contribution in [1.82, 2.24) is 20.3 Å². The van der Waals surface area contributed by atoms with Gasteiger partial charge >= 0.3 is 6.03 Å². The second-order valence-electron chi connectivity index (χ2n) is 6.20. The number of aromatic nitrogens is 1. The Labute approximate surface area is 150 Å². The first-order chi connectivity index (χ1) is 12.0. The number of carbonyl (C=O) groups is 2. The van der Waals surface area contributed by atoms with E-state index in [1.165, 1.54) is 15.3 Å². The van der Waals surface area contributed by atoms with E-state index < -0.39 is 0 Å². The topological polar surface area (TPSA) is 78.7 Å². The molecule has 0 spiro atoms. The normalized spacial score (nSPS) is 13.4. The standard InChI is InChI=1S/C17H22N4O3S/c1-12-9-14(19-24-12)11-20(2)17(23)18-6-3-16(22)21-7-4-15-13(10-21)5-8-25-15/h5,8-9H,3-4,6-7,10-11H2,1-2H3,(H,18,23). The lowest BCUT2D eigenvalue weighted by atomic mass is 10.1. The van der Waals surface area contributed by atoms with Crippen LogP contribution in [0.4, 0.5) is 4.79 Å². The Bertz CT molecular complexity index is 755. The van der Waals surface area contributed by atoms with Gasteiger partial charge in [-0.2, -0.15) is 0 Å². The molecule has 2 aromatic rings. The largest absolute Gasteiger partial charge is 0.361 e. The molecule has 1 aliphatic heterocycles. The molecule has 1 aliphatic rings. The van der Waals surface area contributed by atoms with Crippen molar-refractivity contribution >= 4 is 23.3 Å². The zero-order valence-corrected chi connectivity index (χ0v) is 15.3. The maximum Gasteiger partial charge on any atom is 0.317 e. The summed E-state index contributed by atoms with van der Waals surface area (Å²) >= 11 is 1.75. The minimum Gasteiger partial charge on any atom is -0.361 e. The summed E-state index contributed by atoms with van der Waals surface area (Å²) in [6.45, 7) is 3.93. The van der Waals surface area contributed by atoms with E-state index in [1.54, 1.807) is 24.5 Å². The summed E-state index contributed by atoms with van der Waals surface area (Å²) in [7, 11) is 1.68. The average molecular weight is 362 g/mol. The van der Waals surface area contributed by atoms with Crippen LogP contribution in [0.25, 0.3) is 0 Å². The predicted octanol–water partition coefficient (Wildman–Crippen LogP) is 2.16. The number of thiophene rings is 1. The highest BCUT2D eigenvalue weighted by atomic mass is 32.1. The van der Waals surface area contributed by atoms with E-state index in [-0.39, 0.29) is 11.9 Å². The number of amides is 3. The molecule has 8 heteroatoms. The molecule has 25 heavy (non-hydrogen) atoms. The van der Waals surface area contributed by atoms with Crippen LogP contribution in [-0.4, -0.2) is 47.0 Å². The molecule has 3 rings (SSSR count). The Balaban J connectivity index is 1.40. The Morgan fingerprint density at radius 1 is 1.48 bits per heavy atom. The van der Waals surface area contributed by atoms with Crippen LogP contribution >= 0.6 is 11.3 Å². The monoisotopic (exact) mass is 362 g/mol. The van der Waals surface area contributed by atoms with Crippen molar-refractivity contribution in [2.75, 3.05) is 20.1 Å². The third-order valence-corrected chi connectivity index (χ3v) is 5.22. The second-order valence-corrected chi connectivity index (χ2v) is 7.20. The summed E-state index contributed by atoms with van der Waals surface area (Å²) in [6, 6.07) is 3.65. The second kappa shape index (κ2) is 7.69. The molecule has 0 aliphatic carbocycles. The third kappa shape index (κ3) is 4.39. The van der Waals surface area contributed by atoms with Gasteiger partial charge in [-0.05, 0) is 30.4 Å². The number of hydrogen-bond acceptors (Lipinski definition) is 5. The first-order valence-corrected chi connectivity index (χ1v) is 9.15. The number of nitrogens with one attached hydrogen (secondary N) is 1. The molecule has 0 atom stereocenters.